The van der Waals surface area contributed by atoms with Crippen molar-refractivity contribution in [2.24, 2.45) is 53.3 Å². The molecule has 9 atom stereocenters. The molecule has 0 radical (unpaired) electrons. The molecule has 2 fully saturated rings. The SMILES string of the molecule is C=C1CCC(C(C)CC2C(C)C(C)C(C)C(C)C2CC)C(CCC)C1. The van der Waals surface area contributed by atoms with Gasteiger partial charge in [-0.1, -0.05) is 79.9 Å². The summed E-state index contributed by atoms with van der Waals surface area (Å²) in [5, 5.41) is 0. The van der Waals surface area contributed by atoms with Gasteiger partial charge < -0.3 is 0 Å². The van der Waals surface area contributed by atoms with Crippen LogP contribution in [-0.4, -0.2) is 0 Å². The maximum Gasteiger partial charge on any atom is -0.0292 e. The molecule has 2 rings (SSSR count). The molecular formula is C25H46. The fourth-order valence-corrected chi connectivity index (χ4v) is 6.85. The molecule has 2 aliphatic carbocycles. The zero-order valence-electron chi connectivity index (χ0n) is 18.4. The van der Waals surface area contributed by atoms with Gasteiger partial charge in [0.15, 0.2) is 0 Å². The van der Waals surface area contributed by atoms with Crippen molar-refractivity contribution in [3.8, 4) is 0 Å². The van der Waals surface area contributed by atoms with E-state index in [4.69, 9.17) is 0 Å². The third kappa shape index (κ3) is 4.54. The predicted octanol–water partition coefficient (Wildman–Crippen LogP) is 7.99. The van der Waals surface area contributed by atoms with Gasteiger partial charge in [-0.05, 0) is 78.9 Å². The van der Waals surface area contributed by atoms with Crippen molar-refractivity contribution in [3.05, 3.63) is 12.2 Å². The van der Waals surface area contributed by atoms with Gasteiger partial charge in [0.2, 0.25) is 0 Å². The quantitative estimate of drug-likeness (QED) is 0.427. The van der Waals surface area contributed by atoms with E-state index in [2.05, 4.69) is 55.0 Å². The van der Waals surface area contributed by atoms with Gasteiger partial charge in [-0.15, -0.1) is 0 Å². The van der Waals surface area contributed by atoms with E-state index in [0.29, 0.717) is 0 Å². The van der Waals surface area contributed by atoms with Crippen molar-refractivity contribution in [2.45, 2.75) is 93.4 Å². The van der Waals surface area contributed by atoms with Crippen LogP contribution < -0.4 is 0 Å². The molecule has 0 aromatic carbocycles. The van der Waals surface area contributed by atoms with E-state index in [1.165, 1.54) is 50.5 Å². The molecule has 0 heterocycles. The van der Waals surface area contributed by atoms with Crippen molar-refractivity contribution in [1.82, 2.24) is 0 Å². The smallest absolute Gasteiger partial charge is 0.0292 e. The van der Waals surface area contributed by atoms with E-state index in [0.717, 1.165) is 53.3 Å². The van der Waals surface area contributed by atoms with Crippen LogP contribution in [0.3, 0.4) is 0 Å². The lowest BCUT2D eigenvalue weighted by atomic mass is 9.55. The molecule has 0 nitrogen and oxygen atoms in total. The molecule has 0 spiro atoms. The summed E-state index contributed by atoms with van der Waals surface area (Å²) in [5.41, 5.74) is 1.52. The van der Waals surface area contributed by atoms with Gasteiger partial charge in [-0.2, -0.15) is 0 Å². The van der Waals surface area contributed by atoms with Gasteiger partial charge in [0.05, 0.1) is 0 Å². The Bertz CT molecular complexity index is 422. The van der Waals surface area contributed by atoms with Crippen molar-refractivity contribution >= 4 is 0 Å². The molecule has 0 saturated heterocycles. The van der Waals surface area contributed by atoms with Gasteiger partial charge >= 0.3 is 0 Å². The van der Waals surface area contributed by atoms with E-state index < -0.39 is 0 Å². The standard InChI is InChI=1S/C25H46/c1-9-11-22-14-16(3)12-13-24(22)17(4)15-25-21(8)19(6)18(5)20(7)23(25)10-2/h17-25H,3,9-15H2,1-2,4-8H3. The highest BCUT2D eigenvalue weighted by Crippen LogP contribution is 2.51. The lowest BCUT2D eigenvalue weighted by Gasteiger charge is -2.50. The molecule has 2 saturated carbocycles. The lowest BCUT2D eigenvalue weighted by Crippen LogP contribution is -2.43. The van der Waals surface area contributed by atoms with E-state index in [-0.39, 0.29) is 0 Å². The van der Waals surface area contributed by atoms with Gasteiger partial charge in [-0.3, -0.25) is 0 Å². The monoisotopic (exact) mass is 346 g/mol. The number of hydrogen-bond donors (Lipinski definition) is 0. The minimum Gasteiger partial charge on any atom is -0.0999 e. The van der Waals surface area contributed by atoms with E-state index in [1.807, 2.05) is 0 Å². The normalized spacial score (nSPS) is 43.9. The van der Waals surface area contributed by atoms with Gasteiger partial charge in [-0.25, -0.2) is 0 Å². The van der Waals surface area contributed by atoms with Crippen molar-refractivity contribution < 1.29 is 0 Å². The van der Waals surface area contributed by atoms with Gasteiger partial charge in [0.25, 0.3) is 0 Å². The molecule has 0 heteroatoms. The molecular weight excluding hydrogens is 300 g/mol. The third-order valence-corrected chi connectivity index (χ3v) is 8.88. The Balaban J connectivity index is 2.10. The number of allylic oxidation sites excluding steroid dienone is 1. The minimum absolute atomic E-state index is 0.882. The van der Waals surface area contributed by atoms with Crippen LogP contribution in [0.25, 0.3) is 0 Å². The topological polar surface area (TPSA) is 0 Å². The van der Waals surface area contributed by atoms with Crippen LogP contribution in [0, 0.1) is 53.3 Å². The maximum absolute atomic E-state index is 4.32. The first-order valence-corrected chi connectivity index (χ1v) is 11.5. The first kappa shape index (κ1) is 21.0. The highest BCUT2D eigenvalue weighted by atomic mass is 14.5. The third-order valence-electron chi connectivity index (χ3n) is 8.88. The molecule has 0 aromatic heterocycles. The number of hydrogen-bond acceptors (Lipinski definition) is 0. The zero-order valence-corrected chi connectivity index (χ0v) is 18.4. The average molecular weight is 347 g/mol. The van der Waals surface area contributed by atoms with E-state index in [9.17, 15) is 0 Å². The first-order valence-electron chi connectivity index (χ1n) is 11.5. The Hall–Kier alpha value is -0.260. The summed E-state index contributed by atoms with van der Waals surface area (Å²) in [6.07, 6.45) is 9.60. The van der Waals surface area contributed by atoms with E-state index >= 15 is 0 Å². The fourth-order valence-electron chi connectivity index (χ4n) is 6.85. The summed E-state index contributed by atoms with van der Waals surface area (Å²) in [7, 11) is 0. The average Bonchev–Trinajstić information content (AvgIpc) is 2.58. The Labute approximate surface area is 159 Å². The molecule has 0 amide bonds. The minimum atomic E-state index is 0.882. The second kappa shape index (κ2) is 9.09. The Morgan fingerprint density at radius 1 is 0.960 bits per heavy atom. The summed E-state index contributed by atoms with van der Waals surface area (Å²) in [6.45, 7) is 21.9. The van der Waals surface area contributed by atoms with Crippen LogP contribution >= 0.6 is 0 Å². The summed E-state index contributed by atoms with van der Waals surface area (Å²) in [4.78, 5) is 0. The predicted molar refractivity (Wildman–Crippen MR) is 113 cm³/mol. The van der Waals surface area contributed by atoms with Crippen LogP contribution in [0.1, 0.15) is 93.4 Å². The second-order valence-corrected chi connectivity index (χ2v) is 10.1. The molecule has 0 aliphatic heterocycles. The van der Waals surface area contributed by atoms with Crippen molar-refractivity contribution in [2.75, 3.05) is 0 Å². The lowest BCUT2D eigenvalue weighted by molar-refractivity contribution is -0.0104. The van der Waals surface area contributed by atoms with Gasteiger partial charge in [0, 0.05) is 0 Å². The van der Waals surface area contributed by atoms with Crippen molar-refractivity contribution in [3.63, 3.8) is 0 Å². The molecule has 146 valence electrons. The summed E-state index contributed by atoms with van der Waals surface area (Å²) >= 11 is 0. The van der Waals surface area contributed by atoms with Crippen LogP contribution in [0.15, 0.2) is 12.2 Å². The summed E-state index contributed by atoms with van der Waals surface area (Å²) in [6, 6.07) is 0. The zero-order chi connectivity index (χ0) is 18.7. The Kier molecular flexibility index (Phi) is 7.66. The van der Waals surface area contributed by atoms with E-state index in [1.54, 1.807) is 0 Å². The largest absolute Gasteiger partial charge is 0.0999 e. The van der Waals surface area contributed by atoms with Crippen LogP contribution in [0.4, 0.5) is 0 Å². The highest BCUT2D eigenvalue weighted by molar-refractivity contribution is 5.03. The maximum atomic E-state index is 4.32. The van der Waals surface area contributed by atoms with Crippen LogP contribution in [0.5, 0.6) is 0 Å². The van der Waals surface area contributed by atoms with Crippen LogP contribution in [0.2, 0.25) is 0 Å². The molecule has 25 heavy (non-hydrogen) atoms. The van der Waals surface area contributed by atoms with Gasteiger partial charge in [0.1, 0.15) is 0 Å². The second-order valence-electron chi connectivity index (χ2n) is 10.1. The Morgan fingerprint density at radius 3 is 2.12 bits per heavy atom. The summed E-state index contributed by atoms with van der Waals surface area (Å²) in [5.74, 6) is 8.17. The summed E-state index contributed by atoms with van der Waals surface area (Å²) < 4.78 is 0. The Morgan fingerprint density at radius 2 is 1.56 bits per heavy atom. The molecule has 0 aromatic rings. The van der Waals surface area contributed by atoms with Crippen LogP contribution in [-0.2, 0) is 0 Å². The molecule has 0 bridgehead atoms. The molecule has 0 N–H and O–H groups in total. The number of rotatable bonds is 6. The first-order chi connectivity index (χ1) is 11.8. The molecule has 9 unspecified atom stereocenters. The molecule has 2 aliphatic rings. The highest BCUT2D eigenvalue weighted by Gasteiger charge is 2.43. The van der Waals surface area contributed by atoms with Crippen molar-refractivity contribution in [1.29, 1.82) is 0 Å². The fraction of sp³-hybridized carbons (Fsp3) is 0.920.